The smallest absolute Gasteiger partial charge is 0.0766 e. The monoisotopic (exact) mass is 327 g/mol. The summed E-state index contributed by atoms with van der Waals surface area (Å²) in [6, 6.07) is 0. The average Bonchev–Trinajstić information content (AvgIpc) is 2.66. The zero-order valence-electron chi connectivity index (χ0n) is 12.6. The Bertz CT molecular complexity index is 421. The van der Waals surface area contributed by atoms with Gasteiger partial charge in [0.2, 0.25) is 0 Å². The number of hydrogen-bond acceptors (Lipinski definition) is 2. The van der Waals surface area contributed by atoms with Gasteiger partial charge in [-0.1, -0.05) is 25.5 Å². The zero-order valence-corrected chi connectivity index (χ0v) is 14.2. The van der Waals surface area contributed by atoms with Gasteiger partial charge >= 0.3 is 0 Å². The van der Waals surface area contributed by atoms with Gasteiger partial charge in [0.1, 0.15) is 0 Å². The highest BCUT2D eigenvalue weighted by atomic mass is 79.9. The van der Waals surface area contributed by atoms with E-state index < -0.39 is 0 Å². The molecule has 19 heavy (non-hydrogen) atoms. The van der Waals surface area contributed by atoms with Crippen molar-refractivity contribution in [2.24, 2.45) is 7.05 Å². The van der Waals surface area contributed by atoms with Gasteiger partial charge in [0, 0.05) is 13.5 Å². The first-order chi connectivity index (χ1) is 9.10. The second-order valence-electron chi connectivity index (χ2n) is 4.95. The van der Waals surface area contributed by atoms with Crippen LogP contribution in [0.5, 0.6) is 0 Å². The highest BCUT2D eigenvalue weighted by Crippen LogP contribution is 2.23. The summed E-state index contributed by atoms with van der Waals surface area (Å²) in [6.45, 7) is 8.71. The summed E-state index contributed by atoms with van der Waals surface area (Å²) >= 11 is 3.67. The molecule has 0 aliphatic rings. The van der Waals surface area contributed by atoms with Crippen LogP contribution in [-0.2, 0) is 19.9 Å². The molecule has 0 fully saturated rings. The lowest BCUT2D eigenvalue weighted by Crippen LogP contribution is -2.15. The van der Waals surface area contributed by atoms with Crippen molar-refractivity contribution < 1.29 is 0 Å². The van der Waals surface area contributed by atoms with Crippen LogP contribution in [0.1, 0.15) is 45.0 Å². The van der Waals surface area contributed by atoms with Crippen LogP contribution >= 0.6 is 15.9 Å². The average molecular weight is 328 g/mol. The minimum Gasteiger partial charge on any atom is -0.316 e. The van der Waals surface area contributed by atoms with Crippen molar-refractivity contribution in [1.82, 2.24) is 15.1 Å². The van der Waals surface area contributed by atoms with Gasteiger partial charge in [-0.05, 0) is 55.2 Å². The van der Waals surface area contributed by atoms with E-state index in [2.05, 4.69) is 53.2 Å². The Morgan fingerprint density at radius 2 is 2.11 bits per heavy atom. The number of hydrogen-bond donors (Lipinski definition) is 1. The third-order valence-corrected chi connectivity index (χ3v) is 4.11. The molecular weight excluding hydrogens is 302 g/mol. The molecule has 0 saturated carbocycles. The molecule has 3 nitrogen and oxygen atoms in total. The van der Waals surface area contributed by atoms with Crippen molar-refractivity contribution in [1.29, 1.82) is 0 Å². The fourth-order valence-electron chi connectivity index (χ4n) is 2.07. The molecule has 1 aromatic heterocycles. The molecule has 1 N–H and O–H groups in total. The first kappa shape index (κ1) is 16.4. The van der Waals surface area contributed by atoms with E-state index in [4.69, 9.17) is 0 Å². The van der Waals surface area contributed by atoms with Gasteiger partial charge in [-0.3, -0.25) is 4.68 Å². The maximum Gasteiger partial charge on any atom is 0.0766 e. The summed E-state index contributed by atoms with van der Waals surface area (Å²) in [6.07, 6.45) is 6.57. The molecule has 1 heterocycles. The van der Waals surface area contributed by atoms with E-state index in [9.17, 15) is 0 Å². The zero-order chi connectivity index (χ0) is 14.3. The van der Waals surface area contributed by atoms with Crippen LogP contribution in [0.15, 0.2) is 16.1 Å². The van der Waals surface area contributed by atoms with E-state index in [-0.39, 0.29) is 0 Å². The minimum atomic E-state index is 0.970. The van der Waals surface area contributed by atoms with E-state index in [1.54, 1.807) is 0 Å². The van der Waals surface area contributed by atoms with E-state index in [1.807, 2.05) is 11.7 Å². The van der Waals surface area contributed by atoms with Crippen LogP contribution in [0.2, 0.25) is 0 Å². The largest absolute Gasteiger partial charge is 0.316 e. The third kappa shape index (κ3) is 5.11. The molecule has 0 unspecified atom stereocenters. The summed E-state index contributed by atoms with van der Waals surface area (Å²) < 4.78 is 3.17. The molecule has 108 valence electrons. The lowest BCUT2D eigenvalue weighted by Gasteiger charge is -2.04. The Morgan fingerprint density at radius 3 is 2.68 bits per heavy atom. The van der Waals surface area contributed by atoms with Crippen LogP contribution in [0.4, 0.5) is 0 Å². The van der Waals surface area contributed by atoms with Gasteiger partial charge in [-0.15, -0.1) is 0 Å². The topological polar surface area (TPSA) is 29.9 Å². The van der Waals surface area contributed by atoms with E-state index in [1.165, 1.54) is 22.2 Å². The van der Waals surface area contributed by atoms with Gasteiger partial charge in [0.15, 0.2) is 0 Å². The highest BCUT2D eigenvalue weighted by molar-refractivity contribution is 9.10. The standard InChI is InChI=1S/C15H26BrN3/c1-5-9-17-10-7-8-12(3)11-14-15(16)13(6-2)18-19(14)4/h8,17H,5-7,9-11H2,1-4H3. The van der Waals surface area contributed by atoms with Crippen molar-refractivity contribution in [2.45, 2.75) is 46.5 Å². The van der Waals surface area contributed by atoms with Crippen LogP contribution < -0.4 is 5.32 Å². The van der Waals surface area contributed by atoms with E-state index in [0.29, 0.717) is 0 Å². The number of aromatic nitrogens is 2. The third-order valence-electron chi connectivity index (χ3n) is 3.19. The lowest BCUT2D eigenvalue weighted by molar-refractivity contribution is 0.675. The second kappa shape index (κ2) is 8.54. The molecule has 0 aliphatic heterocycles. The molecule has 0 bridgehead atoms. The second-order valence-corrected chi connectivity index (χ2v) is 5.74. The lowest BCUT2D eigenvalue weighted by atomic mass is 10.1. The summed E-state index contributed by atoms with van der Waals surface area (Å²) in [5.74, 6) is 0. The number of halogens is 1. The number of rotatable bonds is 8. The van der Waals surface area contributed by atoms with Crippen molar-refractivity contribution in [3.63, 3.8) is 0 Å². The van der Waals surface area contributed by atoms with E-state index in [0.717, 1.165) is 38.0 Å². The first-order valence-electron chi connectivity index (χ1n) is 7.16. The van der Waals surface area contributed by atoms with Gasteiger partial charge in [-0.25, -0.2) is 0 Å². The number of nitrogens with one attached hydrogen (secondary N) is 1. The molecule has 0 spiro atoms. The molecule has 1 rings (SSSR count). The maximum absolute atomic E-state index is 4.53. The Kier molecular flexibility index (Phi) is 7.39. The molecule has 0 radical (unpaired) electrons. The molecule has 0 amide bonds. The molecule has 0 saturated heterocycles. The Hall–Kier alpha value is -0.610. The molecular formula is C15H26BrN3. The predicted molar refractivity (Wildman–Crippen MR) is 85.5 cm³/mol. The first-order valence-corrected chi connectivity index (χ1v) is 7.96. The molecule has 4 heteroatoms. The summed E-state index contributed by atoms with van der Waals surface area (Å²) in [4.78, 5) is 0. The summed E-state index contributed by atoms with van der Waals surface area (Å²) in [5, 5.41) is 7.95. The SMILES string of the molecule is CCCNCCC=C(C)Cc1c(Br)c(CC)nn1C. The molecule has 0 atom stereocenters. The van der Waals surface area contributed by atoms with Crippen LogP contribution in [0, 0.1) is 0 Å². The molecule has 0 aliphatic carbocycles. The number of aryl methyl sites for hydroxylation is 2. The predicted octanol–water partition coefficient (Wildman–Crippen LogP) is 3.62. The Labute approximate surface area is 125 Å². The van der Waals surface area contributed by atoms with Gasteiger partial charge in [0.05, 0.1) is 15.9 Å². The van der Waals surface area contributed by atoms with E-state index >= 15 is 0 Å². The molecule has 1 aromatic rings. The molecule has 0 aromatic carbocycles. The fraction of sp³-hybridized carbons (Fsp3) is 0.667. The Morgan fingerprint density at radius 1 is 1.37 bits per heavy atom. The normalized spacial score (nSPS) is 12.2. The number of allylic oxidation sites excluding steroid dienone is 1. The maximum atomic E-state index is 4.53. The fourth-order valence-corrected chi connectivity index (χ4v) is 2.83. The van der Waals surface area contributed by atoms with Crippen molar-refractivity contribution in [2.75, 3.05) is 13.1 Å². The van der Waals surface area contributed by atoms with Crippen molar-refractivity contribution >= 4 is 15.9 Å². The van der Waals surface area contributed by atoms with Crippen LogP contribution in [0.25, 0.3) is 0 Å². The van der Waals surface area contributed by atoms with Crippen LogP contribution in [0.3, 0.4) is 0 Å². The van der Waals surface area contributed by atoms with Gasteiger partial charge in [0.25, 0.3) is 0 Å². The van der Waals surface area contributed by atoms with Gasteiger partial charge in [-0.2, -0.15) is 5.10 Å². The summed E-state index contributed by atoms with van der Waals surface area (Å²) in [5.41, 5.74) is 3.83. The van der Waals surface area contributed by atoms with Crippen LogP contribution in [-0.4, -0.2) is 22.9 Å². The number of nitrogens with zero attached hydrogens (tertiary/aromatic N) is 2. The quantitative estimate of drug-likeness (QED) is 0.583. The minimum absolute atomic E-state index is 0.970. The van der Waals surface area contributed by atoms with Gasteiger partial charge < -0.3 is 5.32 Å². The van der Waals surface area contributed by atoms with Crippen molar-refractivity contribution in [3.05, 3.63) is 27.5 Å². The Balaban J connectivity index is 2.54. The van der Waals surface area contributed by atoms with Crippen molar-refractivity contribution in [3.8, 4) is 0 Å². The summed E-state index contributed by atoms with van der Waals surface area (Å²) in [7, 11) is 2.02. The highest BCUT2D eigenvalue weighted by Gasteiger charge is 2.12.